The van der Waals surface area contributed by atoms with Gasteiger partial charge in [-0.2, -0.15) is 0 Å². The Morgan fingerprint density at radius 3 is 1.95 bits per heavy atom. The second kappa shape index (κ2) is 5.68. The quantitative estimate of drug-likeness (QED) is 0.745. The maximum absolute atomic E-state index is 11.0. The molecule has 0 radical (unpaired) electrons. The molecule has 0 aliphatic heterocycles. The van der Waals surface area contributed by atoms with Crippen molar-refractivity contribution in [2.75, 3.05) is 0 Å². The topological polar surface area (TPSA) is 37.3 Å². The Bertz CT molecular complexity index is 357. The molecule has 2 aliphatic rings. The van der Waals surface area contributed by atoms with Gasteiger partial charge in [-0.15, -0.1) is 0 Å². The zero-order chi connectivity index (χ0) is 14.2. The molecule has 0 amide bonds. The van der Waals surface area contributed by atoms with Gasteiger partial charge in [0.05, 0.1) is 0 Å². The van der Waals surface area contributed by atoms with E-state index in [1.165, 1.54) is 18.4 Å². The average molecular weight is 264 g/mol. The maximum atomic E-state index is 11.0. The Labute approximate surface area is 117 Å². The summed E-state index contributed by atoms with van der Waals surface area (Å²) in [6.07, 6.45) is 5.10. The van der Waals surface area contributed by atoms with Crippen molar-refractivity contribution in [3.8, 4) is 0 Å². The summed E-state index contributed by atoms with van der Waals surface area (Å²) in [6, 6.07) is 0. The number of carboxylic acid groups (broad SMARTS) is 1. The number of fused-ring (bicyclic) bond motifs is 1. The Morgan fingerprint density at radius 2 is 1.58 bits per heavy atom. The van der Waals surface area contributed by atoms with Gasteiger partial charge in [0.15, 0.2) is 0 Å². The minimum atomic E-state index is -0.624. The van der Waals surface area contributed by atoms with Crippen LogP contribution in [0.1, 0.15) is 59.8 Å². The fraction of sp³-hybridized carbons (Fsp3) is 0.824. The van der Waals surface area contributed by atoms with E-state index in [0.29, 0.717) is 24.2 Å². The largest absolute Gasteiger partial charge is 0.481 e. The Balaban J connectivity index is 2.13. The molecule has 2 saturated carbocycles. The van der Waals surface area contributed by atoms with Crippen LogP contribution in [0, 0.1) is 29.6 Å². The molecular weight excluding hydrogens is 236 g/mol. The van der Waals surface area contributed by atoms with Crippen LogP contribution in [-0.4, -0.2) is 11.1 Å². The summed E-state index contributed by atoms with van der Waals surface area (Å²) in [5.41, 5.74) is 3.18. The van der Waals surface area contributed by atoms with Gasteiger partial charge in [0, 0.05) is 6.42 Å². The van der Waals surface area contributed by atoms with E-state index in [1.54, 1.807) is 5.57 Å². The Kier molecular flexibility index (Phi) is 4.37. The predicted octanol–water partition coefficient (Wildman–Crippen LogP) is 4.51. The summed E-state index contributed by atoms with van der Waals surface area (Å²) in [5, 5.41) is 9.04. The molecule has 108 valence electrons. The highest BCUT2D eigenvalue weighted by atomic mass is 16.4. The molecule has 2 aliphatic carbocycles. The summed E-state index contributed by atoms with van der Waals surface area (Å²) in [5.74, 6) is 2.70. The number of hydrogen-bond acceptors (Lipinski definition) is 1. The zero-order valence-electron chi connectivity index (χ0n) is 12.8. The fourth-order valence-corrected chi connectivity index (χ4v) is 4.52. The van der Waals surface area contributed by atoms with Crippen molar-refractivity contribution >= 4 is 5.97 Å². The maximum Gasteiger partial charge on any atom is 0.303 e. The average Bonchev–Trinajstić information content (AvgIpc) is 2.68. The molecule has 0 aromatic rings. The minimum Gasteiger partial charge on any atom is -0.481 e. The monoisotopic (exact) mass is 264 g/mol. The van der Waals surface area contributed by atoms with Crippen molar-refractivity contribution < 1.29 is 9.90 Å². The number of aliphatic carboxylic acids is 1. The first-order valence-corrected chi connectivity index (χ1v) is 7.75. The van der Waals surface area contributed by atoms with Crippen LogP contribution in [0.4, 0.5) is 0 Å². The second-order valence-corrected chi connectivity index (χ2v) is 7.23. The third kappa shape index (κ3) is 3.21. The van der Waals surface area contributed by atoms with Crippen LogP contribution >= 0.6 is 0 Å². The van der Waals surface area contributed by atoms with Crippen molar-refractivity contribution in [2.45, 2.75) is 59.8 Å². The molecule has 0 saturated heterocycles. The molecule has 0 aromatic heterocycles. The van der Waals surface area contributed by atoms with Crippen LogP contribution in [0.25, 0.3) is 0 Å². The lowest BCUT2D eigenvalue weighted by Gasteiger charge is -2.25. The molecule has 2 fully saturated rings. The SMILES string of the molecule is CC(C)=C1CC2C(C)CC(CC(=O)O)CC(C)C2C1. The molecule has 1 N–H and O–H groups in total. The van der Waals surface area contributed by atoms with Crippen LogP contribution in [0.3, 0.4) is 0 Å². The number of carboxylic acids is 1. The third-order valence-corrected chi connectivity index (χ3v) is 5.56. The normalized spacial score (nSPS) is 38.7. The summed E-state index contributed by atoms with van der Waals surface area (Å²) >= 11 is 0. The first-order chi connectivity index (χ1) is 8.88. The molecule has 2 nitrogen and oxygen atoms in total. The van der Waals surface area contributed by atoms with E-state index in [1.807, 2.05) is 0 Å². The summed E-state index contributed by atoms with van der Waals surface area (Å²) < 4.78 is 0. The van der Waals surface area contributed by atoms with Crippen LogP contribution in [-0.2, 0) is 4.79 Å². The van der Waals surface area contributed by atoms with E-state index in [0.717, 1.165) is 24.7 Å². The number of rotatable bonds is 2. The molecule has 0 aromatic carbocycles. The van der Waals surface area contributed by atoms with Crippen LogP contribution in [0.2, 0.25) is 0 Å². The van der Waals surface area contributed by atoms with E-state index < -0.39 is 5.97 Å². The van der Waals surface area contributed by atoms with Gasteiger partial charge in [-0.3, -0.25) is 4.79 Å². The van der Waals surface area contributed by atoms with Gasteiger partial charge in [-0.1, -0.05) is 25.0 Å². The van der Waals surface area contributed by atoms with Gasteiger partial charge < -0.3 is 5.11 Å². The first kappa shape index (κ1) is 14.6. The van der Waals surface area contributed by atoms with Gasteiger partial charge in [-0.25, -0.2) is 0 Å². The van der Waals surface area contributed by atoms with Crippen molar-refractivity contribution in [2.24, 2.45) is 29.6 Å². The van der Waals surface area contributed by atoms with Crippen molar-refractivity contribution in [1.29, 1.82) is 0 Å². The van der Waals surface area contributed by atoms with Crippen LogP contribution < -0.4 is 0 Å². The highest BCUT2D eigenvalue weighted by molar-refractivity contribution is 5.67. The second-order valence-electron chi connectivity index (χ2n) is 7.23. The van der Waals surface area contributed by atoms with Crippen LogP contribution in [0.15, 0.2) is 11.1 Å². The molecule has 4 atom stereocenters. The number of carbonyl (C=O) groups is 1. The molecule has 0 heterocycles. The molecule has 2 heteroatoms. The number of hydrogen-bond donors (Lipinski definition) is 1. The lowest BCUT2D eigenvalue weighted by Crippen LogP contribution is -2.18. The smallest absolute Gasteiger partial charge is 0.303 e. The standard InChI is InChI=1S/C17H28O2/c1-10(2)14-8-15-11(3)5-13(7-17(18)19)6-12(4)16(15)9-14/h11-13,15-16H,5-9H2,1-4H3,(H,18,19). The Hall–Kier alpha value is -0.790. The van der Waals surface area contributed by atoms with Gasteiger partial charge in [-0.05, 0) is 69.1 Å². The first-order valence-electron chi connectivity index (χ1n) is 7.75. The van der Waals surface area contributed by atoms with Crippen molar-refractivity contribution in [1.82, 2.24) is 0 Å². The molecule has 4 unspecified atom stereocenters. The van der Waals surface area contributed by atoms with E-state index in [2.05, 4.69) is 27.7 Å². The Morgan fingerprint density at radius 1 is 1.11 bits per heavy atom. The van der Waals surface area contributed by atoms with Crippen LogP contribution in [0.5, 0.6) is 0 Å². The molecule has 0 spiro atoms. The molecular formula is C17H28O2. The molecule has 19 heavy (non-hydrogen) atoms. The lowest BCUT2D eigenvalue weighted by molar-refractivity contribution is -0.138. The lowest BCUT2D eigenvalue weighted by atomic mass is 9.80. The molecule has 2 rings (SSSR count). The van der Waals surface area contributed by atoms with Gasteiger partial charge in [0.25, 0.3) is 0 Å². The highest BCUT2D eigenvalue weighted by Gasteiger charge is 2.41. The molecule has 0 bridgehead atoms. The van der Waals surface area contributed by atoms with Gasteiger partial charge in [0.2, 0.25) is 0 Å². The zero-order valence-corrected chi connectivity index (χ0v) is 12.8. The van der Waals surface area contributed by atoms with E-state index in [-0.39, 0.29) is 0 Å². The van der Waals surface area contributed by atoms with Gasteiger partial charge >= 0.3 is 5.97 Å². The summed E-state index contributed by atoms with van der Waals surface area (Å²) in [7, 11) is 0. The number of allylic oxidation sites excluding steroid dienone is 2. The summed E-state index contributed by atoms with van der Waals surface area (Å²) in [6.45, 7) is 9.17. The van der Waals surface area contributed by atoms with Crippen molar-refractivity contribution in [3.05, 3.63) is 11.1 Å². The predicted molar refractivity (Wildman–Crippen MR) is 77.9 cm³/mol. The highest BCUT2D eigenvalue weighted by Crippen LogP contribution is 2.51. The van der Waals surface area contributed by atoms with E-state index in [9.17, 15) is 4.79 Å². The third-order valence-electron chi connectivity index (χ3n) is 5.56. The van der Waals surface area contributed by atoms with E-state index in [4.69, 9.17) is 5.11 Å². The van der Waals surface area contributed by atoms with E-state index >= 15 is 0 Å². The van der Waals surface area contributed by atoms with Gasteiger partial charge in [0.1, 0.15) is 0 Å². The summed E-state index contributed by atoms with van der Waals surface area (Å²) in [4.78, 5) is 11.0. The van der Waals surface area contributed by atoms with Crippen molar-refractivity contribution in [3.63, 3.8) is 0 Å². The fourth-order valence-electron chi connectivity index (χ4n) is 4.52. The minimum absolute atomic E-state index is 0.365.